The molecule has 4 fully saturated rings. The molecule has 10 heteroatoms. The number of halogens is 2. The summed E-state index contributed by atoms with van der Waals surface area (Å²) in [7, 11) is -4.00. The Morgan fingerprint density at radius 3 is 2.41 bits per heavy atom. The molecule has 0 aliphatic heterocycles. The lowest BCUT2D eigenvalue weighted by Gasteiger charge is -2.58. The van der Waals surface area contributed by atoms with Crippen LogP contribution in [-0.2, 0) is 19.6 Å². The predicted octanol–water partition coefficient (Wildman–Crippen LogP) is 2.72. The second kappa shape index (κ2) is 7.95. The number of carbonyl (C=O) groups excluding carboxylic acids is 2. The molecule has 4 saturated carbocycles. The van der Waals surface area contributed by atoms with Gasteiger partial charge in [-0.05, 0) is 81.9 Å². The first kappa shape index (κ1) is 23.4. The zero-order valence-electron chi connectivity index (χ0n) is 18.2. The summed E-state index contributed by atoms with van der Waals surface area (Å²) in [4.78, 5) is 24.8. The van der Waals surface area contributed by atoms with Gasteiger partial charge in [-0.2, -0.15) is 0 Å². The molecule has 4 bridgehead atoms. The lowest BCUT2D eigenvalue weighted by molar-refractivity contribution is -0.147. The molecule has 2 atom stereocenters. The standard InChI is InChI=1S/C22H29ClFN3O4S/c1-21(2,27-32(30,31)15-3-4-17(24)16(23)7-15)11-18(28)26-19-13-5-12-6-14(19)10-22(8-12,9-13)20(25)29/h3-4,7,12-14,19,27H,5-6,8-11H2,1-2H3,(H2,25,29)(H,26,28). The second-order valence-corrected chi connectivity index (χ2v) is 12.5. The van der Waals surface area contributed by atoms with Crippen LogP contribution in [0.25, 0.3) is 0 Å². The van der Waals surface area contributed by atoms with Crippen LogP contribution in [0, 0.1) is 29.0 Å². The molecule has 32 heavy (non-hydrogen) atoms. The monoisotopic (exact) mass is 485 g/mol. The molecule has 176 valence electrons. The highest BCUT2D eigenvalue weighted by Gasteiger charge is 2.58. The first-order valence-electron chi connectivity index (χ1n) is 10.9. The van der Waals surface area contributed by atoms with Gasteiger partial charge in [-0.3, -0.25) is 9.59 Å². The number of nitrogens with one attached hydrogen (secondary N) is 2. The Balaban J connectivity index is 1.40. The van der Waals surface area contributed by atoms with Crippen molar-refractivity contribution in [3.63, 3.8) is 0 Å². The first-order chi connectivity index (χ1) is 14.8. The molecule has 0 spiro atoms. The van der Waals surface area contributed by atoms with Crippen LogP contribution in [0.5, 0.6) is 0 Å². The summed E-state index contributed by atoms with van der Waals surface area (Å²) in [6.45, 7) is 3.24. The minimum Gasteiger partial charge on any atom is -0.369 e. The topological polar surface area (TPSA) is 118 Å². The smallest absolute Gasteiger partial charge is 0.241 e. The Bertz CT molecular complexity index is 1050. The van der Waals surface area contributed by atoms with E-state index in [1.165, 1.54) is 0 Å². The van der Waals surface area contributed by atoms with E-state index >= 15 is 0 Å². The predicted molar refractivity (Wildman–Crippen MR) is 118 cm³/mol. The van der Waals surface area contributed by atoms with Gasteiger partial charge in [-0.15, -0.1) is 0 Å². The Kier molecular flexibility index (Phi) is 5.83. The Labute approximate surface area is 192 Å². The number of amides is 2. The van der Waals surface area contributed by atoms with Gasteiger partial charge in [0.2, 0.25) is 21.8 Å². The molecule has 2 unspecified atom stereocenters. The third-order valence-electron chi connectivity index (χ3n) is 7.34. The molecule has 4 aliphatic carbocycles. The largest absolute Gasteiger partial charge is 0.369 e. The molecule has 5 rings (SSSR count). The average molecular weight is 486 g/mol. The fourth-order valence-electron chi connectivity index (χ4n) is 6.30. The molecule has 7 nitrogen and oxygen atoms in total. The fraction of sp³-hybridized carbons (Fsp3) is 0.636. The number of sulfonamides is 1. The van der Waals surface area contributed by atoms with E-state index < -0.39 is 26.8 Å². The number of carbonyl (C=O) groups is 2. The third-order valence-corrected chi connectivity index (χ3v) is 9.32. The quantitative estimate of drug-likeness (QED) is 0.550. The van der Waals surface area contributed by atoms with Gasteiger partial charge < -0.3 is 11.1 Å². The summed E-state index contributed by atoms with van der Waals surface area (Å²) in [6.07, 6.45) is 4.18. The number of nitrogens with two attached hydrogens (primary N) is 1. The molecular formula is C22H29ClFN3O4S. The molecule has 0 radical (unpaired) electrons. The van der Waals surface area contributed by atoms with Crippen molar-refractivity contribution in [1.82, 2.24) is 10.0 Å². The summed E-state index contributed by atoms with van der Waals surface area (Å²) >= 11 is 5.71. The molecule has 4 N–H and O–H groups in total. The molecule has 0 saturated heterocycles. The van der Waals surface area contributed by atoms with Gasteiger partial charge in [0.05, 0.1) is 9.92 Å². The van der Waals surface area contributed by atoms with E-state index in [4.69, 9.17) is 17.3 Å². The number of hydrogen-bond donors (Lipinski definition) is 3. The van der Waals surface area contributed by atoms with Crippen molar-refractivity contribution < 1.29 is 22.4 Å². The van der Waals surface area contributed by atoms with Crippen molar-refractivity contribution in [2.75, 3.05) is 0 Å². The van der Waals surface area contributed by atoms with Gasteiger partial charge >= 0.3 is 0 Å². The minimum absolute atomic E-state index is 0.0187. The molecular weight excluding hydrogens is 457 g/mol. The van der Waals surface area contributed by atoms with Gasteiger partial charge in [-0.1, -0.05) is 11.6 Å². The highest BCUT2D eigenvalue weighted by atomic mass is 35.5. The highest BCUT2D eigenvalue weighted by Crippen LogP contribution is 2.59. The number of hydrogen-bond acceptors (Lipinski definition) is 4. The van der Waals surface area contributed by atoms with Crippen LogP contribution in [0.2, 0.25) is 5.02 Å². The molecule has 0 heterocycles. The summed E-state index contributed by atoms with van der Waals surface area (Å²) in [5.41, 5.74) is 4.22. The Morgan fingerprint density at radius 2 is 1.84 bits per heavy atom. The van der Waals surface area contributed by atoms with E-state index in [1.807, 2.05) is 0 Å². The first-order valence-corrected chi connectivity index (χ1v) is 12.7. The SMILES string of the molecule is CC(C)(CC(=O)NC1C2CC3CC1CC(C(N)=O)(C3)C2)NS(=O)(=O)c1ccc(F)c(Cl)c1. The van der Waals surface area contributed by atoms with Crippen LogP contribution in [-0.4, -0.2) is 31.8 Å². The van der Waals surface area contributed by atoms with Crippen LogP contribution in [0.4, 0.5) is 4.39 Å². The Hall–Kier alpha value is -1.71. The Morgan fingerprint density at radius 1 is 1.22 bits per heavy atom. The van der Waals surface area contributed by atoms with Crippen LogP contribution in [0.1, 0.15) is 52.4 Å². The van der Waals surface area contributed by atoms with Gasteiger partial charge in [0.25, 0.3) is 0 Å². The van der Waals surface area contributed by atoms with Crippen molar-refractivity contribution in [2.24, 2.45) is 28.9 Å². The molecule has 2 amide bonds. The van der Waals surface area contributed by atoms with E-state index in [0.29, 0.717) is 18.8 Å². The van der Waals surface area contributed by atoms with Crippen molar-refractivity contribution in [3.8, 4) is 0 Å². The summed E-state index contributed by atoms with van der Waals surface area (Å²) < 4.78 is 41.3. The molecule has 1 aromatic carbocycles. The van der Waals surface area contributed by atoms with Crippen molar-refractivity contribution in [3.05, 3.63) is 29.0 Å². The van der Waals surface area contributed by atoms with Crippen molar-refractivity contribution in [1.29, 1.82) is 0 Å². The van der Waals surface area contributed by atoms with Crippen LogP contribution >= 0.6 is 11.6 Å². The van der Waals surface area contributed by atoms with E-state index in [9.17, 15) is 22.4 Å². The normalized spacial score (nSPS) is 31.5. The highest BCUT2D eigenvalue weighted by molar-refractivity contribution is 7.89. The average Bonchev–Trinajstić information content (AvgIpc) is 2.64. The van der Waals surface area contributed by atoms with Gasteiger partial charge in [0.1, 0.15) is 5.82 Å². The maximum Gasteiger partial charge on any atom is 0.241 e. The lowest BCUT2D eigenvalue weighted by atomic mass is 9.47. The summed E-state index contributed by atoms with van der Waals surface area (Å²) in [5, 5.41) is 2.83. The molecule has 0 aromatic heterocycles. The maximum atomic E-state index is 13.4. The van der Waals surface area contributed by atoms with Crippen LogP contribution in [0.3, 0.4) is 0 Å². The van der Waals surface area contributed by atoms with Gasteiger partial charge in [-0.25, -0.2) is 17.5 Å². The van der Waals surface area contributed by atoms with Gasteiger partial charge in [0.15, 0.2) is 0 Å². The second-order valence-electron chi connectivity index (χ2n) is 10.4. The zero-order valence-corrected chi connectivity index (χ0v) is 19.7. The summed E-state index contributed by atoms with van der Waals surface area (Å²) in [5.74, 6) is -0.256. The third kappa shape index (κ3) is 4.39. The van der Waals surface area contributed by atoms with E-state index in [-0.39, 0.29) is 46.0 Å². The fourth-order valence-corrected chi connectivity index (χ4v) is 7.99. The minimum atomic E-state index is -4.00. The van der Waals surface area contributed by atoms with E-state index in [2.05, 4.69) is 10.0 Å². The summed E-state index contributed by atoms with van der Waals surface area (Å²) in [6, 6.07) is 3.14. The molecule has 4 aliphatic rings. The zero-order chi connectivity index (χ0) is 23.5. The molecule has 1 aromatic rings. The number of benzene rings is 1. The number of primary amides is 1. The maximum absolute atomic E-state index is 13.4. The van der Waals surface area contributed by atoms with Crippen LogP contribution in [0.15, 0.2) is 23.1 Å². The lowest BCUT2D eigenvalue weighted by Crippen LogP contribution is -2.62. The van der Waals surface area contributed by atoms with Gasteiger partial charge in [0, 0.05) is 23.4 Å². The van der Waals surface area contributed by atoms with E-state index in [1.54, 1.807) is 13.8 Å². The van der Waals surface area contributed by atoms with E-state index in [0.717, 1.165) is 37.5 Å². The van der Waals surface area contributed by atoms with Crippen molar-refractivity contribution in [2.45, 2.75) is 68.8 Å². The van der Waals surface area contributed by atoms with Crippen LogP contribution < -0.4 is 15.8 Å². The number of rotatable bonds is 7. The van der Waals surface area contributed by atoms with Crippen molar-refractivity contribution >= 4 is 33.4 Å².